The second-order valence-electron chi connectivity index (χ2n) is 8.78. The van der Waals surface area contributed by atoms with E-state index in [2.05, 4.69) is 10.6 Å². The van der Waals surface area contributed by atoms with Gasteiger partial charge in [0.05, 0.1) is 23.9 Å². The lowest BCUT2D eigenvalue weighted by molar-refractivity contribution is -0.134. The summed E-state index contributed by atoms with van der Waals surface area (Å²) < 4.78 is 13.4. The number of carbonyl (C=O) groups is 3. The molecule has 0 aromatic heterocycles. The third-order valence-corrected chi connectivity index (χ3v) is 6.81. The zero-order valence-electron chi connectivity index (χ0n) is 19.9. The molecule has 2 aliphatic rings. The minimum absolute atomic E-state index is 0.0793. The fraction of sp³-hybridized carbons (Fsp3) is 0.179. The monoisotopic (exact) mass is 518 g/mol. The summed E-state index contributed by atoms with van der Waals surface area (Å²) in [6, 6.07) is 19.3. The van der Waals surface area contributed by atoms with Crippen molar-refractivity contribution in [3.63, 3.8) is 0 Å². The molecule has 0 aliphatic carbocycles. The zero-order chi connectivity index (χ0) is 26.1. The molecule has 0 bridgehead atoms. The summed E-state index contributed by atoms with van der Waals surface area (Å²) in [5.74, 6) is -1.22. The Kier molecular flexibility index (Phi) is 6.67. The van der Waals surface area contributed by atoms with Crippen molar-refractivity contribution in [2.75, 3.05) is 18.4 Å². The molecule has 2 N–H and O–H groups in total. The Morgan fingerprint density at radius 1 is 1.05 bits per heavy atom. The van der Waals surface area contributed by atoms with Crippen LogP contribution in [0.15, 0.2) is 90.1 Å². The molecule has 2 atom stereocenters. The highest BCUT2D eigenvalue weighted by Crippen LogP contribution is 2.40. The van der Waals surface area contributed by atoms with Gasteiger partial charge in [-0.15, -0.1) is 0 Å². The number of halogens is 2. The van der Waals surface area contributed by atoms with Crippen molar-refractivity contribution in [2.24, 2.45) is 0 Å². The van der Waals surface area contributed by atoms with Gasteiger partial charge in [-0.2, -0.15) is 0 Å². The van der Waals surface area contributed by atoms with E-state index in [0.29, 0.717) is 39.7 Å². The van der Waals surface area contributed by atoms with Gasteiger partial charge in [-0.25, -0.2) is 9.18 Å². The number of anilines is 1. The maximum absolute atomic E-state index is 14.0. The highest BCUT2D eigenvalue weighted by atomic mass is 35.5. The summed E-state index contributed by atoms with van der Waals surface area (Å²) >= 11 is 6.06. The minimum atomic E-state index is -0.982. The van der Waals surface area contributed by atoms with Gasteiger partial charge in [0, 0.05) is 17.3 Å². The van der Waals surface area contributed by atoms with Crippen molar-refractivity contribution in [3.05, 3.63) is 112 Å². The Morgan fingerprint density at radius 2 is 1.73 bits per heavy atom. The van der Waals surface area contributed by atoms with Gasteiger partial charge < -0.3 is 15.5 Å². The number of nitrogens with one attached hydrogen (secondary N) is 2. The van der Waals surface area contributed by atoms with Crippen LogP contribution in [0.3, 0.4) is 0 Å². The molecular weight excluding hydrogens is 495 g/mol. The summed E-state index contributed by atoms with van der Waals surface area (Å²) in [6.45, 7) is 2.27. The van der Waals surface area contributed by atoms with E-state index in [-0.39, 0.29) is 18.5 Å². The molecule has 7 nitrogen and oxygen atoms in total. The van der Waals surface area contributed by atoms with Gasteiger partial charge in [-0.1, -0.05) is 54.1 Å². The van der Waals surface area contributed by atoms with Crippen LogP contribution in [-0.2, 0) is 9.59 Å². The number of rotatable bonds is 6. The van der Waals surface area contributed by atoms with Crippen LogP contribution in [0.1, 0.15) is 30.1 Å². The minimum Gasteiger partial charge on any atom is -0.326 e. The number of nitrogens with zero attached hydrogens (tertiary/aromatic N) is 2. The number of urea groups is 1. The third kappa shape index (κ3) is 4.68. The summed E-state index contributed by atoms with van der Waals surface area (Å²) in [5.41, 5.74) is 2.71. The van der Waals surface area contributed by atoms with Crippen LogP contribution in [0.25, 0.3) is 0 Å². The molecule has 0 spiro atoms. The lowest BCUT2D eigenvalue weighted by Gasteiger charge is -2.32. The van der Waals surface area contributed by atoms with Gasteiger partial charge in [0.25, 0.3) is 11.8 Å². The maximum Gasteiger partial charge on any atom is 0.322 e. The van der Waals surface area contributed by atoms with Crippen molar-refractivity contribution >= 4 is 35.1 Å². The number of hydrogen-bond donors (Lipinski definition) is 2. The molecule has 5 rings (SSSR count). The molecule has 188 valence electrons. The highest BCUT2D eigenvalue weighted by molar-refractivity contribution is 6.30. The molecule has 2 aliphatic heterocycles. The van der Waals surface area contributed by atoms with E-state index in [4.69, 9.17) is 11.6 Å². The molecule has 0 saturated carbocycles. The zero-order valence-corrected chi connectivity index (χ0v) is 20.7. The molecule has 4 amide bonds. The third-order valence-electron chi connectivity index (χ3n) is 6.56. The van der Waals surface area contributed by atoms with Crippen molar-refractivity contribution in [1.82, 2.24) is 15.1 Å². The van der Waals surface area contributed by atoms with Crippen LogP contribution in [0, 0.1) is 5.82 Å². The Morgan fingerprint density at radius 3 is 2.38 bits per heavy atom. The molecular formula is C28H24ClFN4O3. The second-order valence-corrected chi connectivity index (χ2v) is 9.22. The molecule has 0 fully saturated rings. The Hall–Kier alpha value is -4.17. The summed E-state index contributed by atoms with van der Waals surface area (Å²) in [7, 11) is 0. The van der Waals surface area contributed by atoms with Gasteiger partial charge in [0.15, 0.2) is 0 Å². The molecule has 0 saturated heterocycles. The van der Waals surface area contributed by atoms with Gasteiger partial charge >= 0.3 is 6.03 Å². The maximum atomic E-state index is 14.0. The first-order valence-corrected chi connectivity index (χ1v) is 12.2. The molecule has 0 radical (unpaired) electrons. The van der Waals surface area contributed by atoms with Crippen molar-refractivity contribution in [3.8, 4) is 0 Å². The highest BCUT2D eigenvalue weighted by Gasteiger charge is 2.47. The summed E-state index contributed by atoms with van der Waals surface area (Å²) in [6.07, 6.45) is 0. The van der Waals surface area contributed by atoms with Crippen molar-refractivity contribution in [1.29, 1.82) is 0 Å². The van der Waals surface area contributed by atoms with Gasteiger partial charge in [0.1, 0.15) is 11.9 Å². The number of likely N-dealkylation sites (N-methyl/N-ethyl adjacent to an activating group) is 1. The molecule has 2 heterocycles. The predicted molar refractivity (Wildman–Crippen MR) is 138 cm³/mol. The van der Waals surface area contributed by atoms with Crippen molar-refractivity contribution < 1.29 is 18.8 Å². The molecule has 3 aromatic carbocycles. The number of hydrogen-bond acceptors (Lipinski definition) is 3. The Labute approximate surface area is 218 Å². The van der Waals surface area contributed by atoms with Crippen LogP contribution < -0.4 is 10.6 Å². The average Bonchev–Trinajstić information content (AvgIpc) is 3.22. The molecule has 9 heteroatoms. The topological polar surface area (TPSA) is 81.8 Å². The average molecular weight is 519 g/mol. The van der Waals surface area contributed by atoms with Crippen LogP contribution in [0.5, 0.6) is 0 Å². The lowest BCUT2D eigenvalue weighted by Crippen LogP contribution is -2.47. The normalized spacial score (nSPS) is 18.0. The van der Waals surface area contributed by atoms with E-state index in [0.717, 1.165) is 0 Å². The number of benzene rings is 3. The summed E-state index contributed by atoms with van der Waals surface area (Å²) in [5, 5.41) is 6.27. The molecule has 2 unspecified atom stereocenters. The van der Waals surface area contributed by atoms with Gasteiger partial charge in [-0.05, 0) is 54.4 Å². The molecule has 37 heavy (non-hydrogen) atoms. The standard InChI is InChI=1S/C28H24ClFN4O3/c1-2-33-22-16-34(27(36)23(22)24(32-28(33)37)17-8-10-19(29)11-9-17)25(18-6-4-3-5-7-18)26(35)31-21-14-12-20(30)13-15-21/h3-15,24-25H,2,16H2,1H3,(H,31,35)(H,32,37). The summed E-state index contributed by atoms with van der Waals surface area (Å²) in [4.78, 5) is 43.6. The Balaban J connectivity index is 1.53. The fourth-order valence-electron chi connectivity index (χ4n) is 4.81. The van der Waals surface area contributed by atoms with E-state index < -0.39 is 23.8 Å². The fourth-order valence-corrected chi connectivity index (χ4v) is 4.94. The number of carbonyl (C=O) groups excluding carboxylic acids is 3. The van der Waals surface area contributed by atoms with Crippen LogP contribution in [0.2, 0.25) is 5.02 Å². The van der Waals surface area contributed by atoms with Crippen LogP contribution in [-0.4, -0.2) is 40.7 Å². The van der Waals surface area contributed by atoms with Gasteiger partial charge in [0.2, 0.25) is 0 Å². The SMILES string of the molecule is CCN1C(=O)NC(c2ccc(Cl)cc2)C2=C1CN(C(C(=O)Nc1ccc(F)cc1)c1ccccc1)C2=O. The molecule has 3 aromatic rings. The Bertz CT molecular complexity index is 1380. The van der Waals surface area contributed by atoms with Gasteiger partial charge in [-0.3, -0.25) is 14.5 Å². The quantitative estimate of drug-likeness (QED) is 0.479. The van der Waals surface area contributed by atoms with E-state index >= 15 is 0 Å². The van der Waals surface area contributed by atoms with Crippen LogP contribution in [0.4, 0.5) is 14.9 Å². The van der Waals surface area contributed by atoms with E-state index in [9.17, 15) is 18.8 Å². The van der Waals surface area contributed by atoms with Crippen LogP contribution >= 0.6 is 11.6 Å². The predicted octanol–water partition coefficient (Wildman–Crippen LogP) is 5.04. The first-order valence-electron chi connectivity index (χ1n) is 11.9. The first kappa shape index (κ1) is 24.5. The lowest BCUT2D eigenvalue weighted by atomic mass is 9.95. The number of amides is 4. The first-order chi connectivity index (χ1) is 17.9. The van der Waals surface area contributed by atoms with Crippen molar-refractivity contribution in [2.45, 2.75) is 19.0 Å². The van der Waals surface area contributed by atoms with E-state index in [1.807, 2.05) is 13.0 Å². The van der Waals surface area contributed by atoms with E-state index in [1.165, 1.54) is 34.1 Å². The second kappa shape index (κ2) is 10.1. The van der Waals surface area contributed by atoms with E-state index in [1.54, 1.807) is 48.5 Å². The largest absolute Gasteiger partial charge is 0.326 e. The smallest absolute Gasteiger partial charge is 0.322 e.